The smallest absolute Gasteiger partial charge is 0.340 e. The fourth-order valence-corrected chi connectivity index (χ4v) is 1.38. The molecule has 1 rings (SSSR count). The van der Waals surface area contributed by atoms with Crippen LogP contribution in [0.15, 0.2) is 24.3 Å². The molecule has 0 spiro atoms. The number of ether oxygens (including phenoxy) is 1. The number of rotatable bonds is 5. The Morgan fingerprint density at radius 2 is 2.24 bits per heavy atom. The molecule has 1 aromatic carbocycles. The number of carbonyl (C=O) groups excluding carboxylic acids is 1. The summed E-state index contributed by atoms with van der Waals surface area (Å²) in [5, 5.41) is 0. The Kier molecular flexibility index (Phi) is 5.23. The van der Waals surface area contributed by atoms with E-state index in [0.717, 1.165) is 12.0 Å². The molecule has 0 aromatic heterocycles. The predicted octanol–water partition coefficient (Wildman–Crippen LogP) is 1.81. The molecular weight excluding hydrogens is 216 g/mol. The fraction of sp³-hybridized carbons (Fsp3) is 0.308. The van der Waals surface area contributed by atoms with Gasteiger partial charge in [-0.15, -0.1) is 0 Å². The second kappa shape index (κ2) is 6.70. The number of hydrogen-bond donors (Lipinski definition) is 2. The predicted molar refractivity (Wildman–Crippen MR) is 69.5 cm³/mol. The van der Waals surface area contributed by atoms with Gasteiger partial charge in [-0.25, -0.2) is 4.79 Å². The monoisotopic (exact) mass is 234 g/mol. The van der Waals surface area contributed by atoms with Gasteiger partial charge in [-0.3, -0.25) is 0 Å². The molecule has 0 heterocycles. The zero-order valence-corrected chi connectivity index (χ0v) is 9.98. The van der Waals surface area contributed by atoms with Gasteiger partial charge in [-0.1, -0.05) is 18.2 Å². The highest BCUT2D eigenvalue weighted by Crippen LogP contribution is 2.16. The summed E-state index contributed by atoms with van der Waals surface area (Å²) in [5.74, 6) is -0.390. The average Bonchev–Trinajstić information content (AvgIpc) is 2.32. The molecule has 0 aliphatic carbocycles. The number of hydrogen-bond acceptors (Lipinski definition) is 4. The van der Waals surface area contributed by atoms with Crippen molar-refractivity contribution in [3.63, 3.8) is 0 Å². The number of carbonyl (C=O) groups is 1. The van der Waals surface area contributed by atoms with E-state index in [2.05, 4.69) is 0 Å². The summed E-state index contributed by atoms with van der Waals surface area (Å²) in [6, 6.07) is 5.28. The average molecular weight is 234 g/mol. The van der Waals surface area contributed by atoms with E-state index in [1.54, 1.807) is 19.1 Å². The molecule has 0 bridgehead atoms. The Morgan fingerprint density at radius 3 is 2.88 bits per heavy atom. The molecule has 4 nitrogen and oxygen atoms in total. The fourth-order valence-electron chi connectivity index (χ4n) is 1.38. The zero-order valence-electron chi connectivity index (χ0n) is 9.98. The Hall–Kier alpha value is -1.81. The van der Waals surface area contributed by atoms with Crippen molar-refractivity contribution in [2.45, 2.75) is 13.3 Å². The molecule has 1 aromatic rings. The molecule has 0 saturated carbocycles. The summed E-state index contributed by atoms with van der Waals surface area (Å²) in [6.07, 6.45) is 4.68. The largest absolute Gasteiger partial charge is 0.462 e. The van der Waals surface area contributed by atoms with Crippen LogP contribution in [0.5, 0.6) is 0 Å². The van der Waals surface area contributed by atoms with Gasteiger partial charge in [0.15, 0.2) is 0 Å². The third kappa shape index (κ3) is 3.92. The van der Waals surface area contributed by atoms with Crippen molar-refractivity contribution in [3.8, 4) is 0 Å². The van der Waals surface area contributed by atoms with Crippen molar-refractivity contribution >= 4 is 17.7 Å². The minimum Gasteiger partial charge on any atom is -0.462 e. The maximum Gasteiger partial charge on any atom is 0.340 e. The molecule has 0 atom stereocenters. The Labute approximate surface area is 101 Å². The van der Waals surface area contributed by atoms with Gasteiger partial charge in [0.25, 0.3) is 0 Å². The summed E-state index contributed by atoms with van der Waals surface area (Å²) in [6.45, 7) is 2.71. The van der Waals surface area contributed by atoms with E-state index in [1.807, 2.05) is 18.2 Å². The molecule has 0 fully saturated rings. The Bertz CT molecular complexity index is 414. The van der Waals surface area contributed by atoms with Crippen LogP contribution in [0, 0.1) is 0 Å². The number of anilines is 1. The van der Waals surface area contributed by atoms with Crippen LogP contribution in [0.4, 0.5) is 5.69 Å². The van der Waals surface area contributed by atoms with Crippen LogP contribution in [-0.2, 0) is 4.74 Å². The minimum absolute atomic E-state index is 0.339. The lowest BCUT2D eigenvalue weighted by Crippen LogP contribution is -2.08. The highest BCUT2D eigenvalue weighted by atomic mass is 16.5. The molecule has 0 saturated heterocycles. The van der Waals surface area contributed by atoms with Crippen molar-refractivity contribution in [2.75, 3.05) is 18.9 Å². The molecule has 17 heavy (non-hydrogen) atoms. The standard InChI is InChI=1S/C13H18N2O2/c1-2-17-13(16)11-9-10(5-3-4-8-14)6-7-12(11)15/h3,5-7,9H,2,4,8,14-15H2,1H3. The molecule has 4 N–H and O–H groups in total. The van der Waals surface area contributed by atoms with E-state index < -0.39 is 0 Å². The lowest BCUT2D eigenvalue weighted by Gasteiger charge is -2.06. The maximum atomic E-state index is 11.6. The normalized spacial score (nSPS) is 10.7. The summed E-state index contributed by atoms with van der Waals surface area (Å²) in [5.41, 5.74) is 12.9. The van der Waals surface area contributed by atoms with Crippen LogP contribution >= 0.6 is 0 Å². The van der Waals surface area contributed by atoms with Crippen LogP contribution in [0.3, 0.4) is 0 Å². The van der Waals surface area contributed by atoms with Gasteiger partial charge in [0.1, 0.15) is 0 Å². The van der Waals surface area contributed by atoms with Gasteiger partial charge in [0.2, 0.25) is 0 Å². The van der Waals surface area contributed by atoms with Gasteiger partial charge in [-0.2, -0.15) is 0 Å². The minimum atomic E-state index is -0.390. The van der Waals surface area contributed by atoms with E-state index in [4.69, 9.17) is 16.2 Å². The van der Waals surface area contributed by atoms with E-state index in [1.165, 1.54) is 0 Å². The van der Waals surface area contributed by atoms with Crippen molar-refractivity contribution in [1.82, 2.24) is 0 Å². The number of nitrogen functional groups attached to an aromatic ring is 1. The van der Waals surface area contributed by atoms with E-state index in [0.29, 0.717) is 24.4 Å². The van der Waals surface area contributed by atoms with Gasteiger partial charge in [0, 0.05) is 5.69 Å². The lowest BCUT2D eigenvalue weighted by molar-refractivity contribution is 0.0527. The first-order chi connectivity index (χ1) is 8.19. The SMILES string of the molecule is CCOC(=O)c1cc(C=CCCN)ccc1N. The van der Waals surface area contributed by atoms with Crippen LogP contribution in [-0.4, -0.2) is 19.1 Å². The molecular formula is C13H18N2O2. The topological polar surface area (TPSA) is 78.3 Å². The first kappa shape index (κ1) is 13.3. The summed E-state index contributed by atoms with van der Waals surface area (Å²) in [4.78, 5) is 11.6. The van der Waals surface area contributed by atoms with Gasteiger partial charge in [-0.05, 0) is 37.6 Å². The number of benzene rings is 1. The summed E-state index contributed by atoms with van der Waals surface area (Å²) >= 11 is 0. The molecule has 4 heteroatoms. The second-order valence-corrected chi connectivity index (χ2v) is 3.55. The molecule has 0 aliphatic rings. The van der Waals surface area contributed by atoms with Crippen molar-refractivity contribution in [3.05, 3.63) is 35.4 Å². The first-order valence-electron chi connectivity index (χ1n) is 5.62. The second-order valence-electron chi connectivity index (χ2n) is 3.55. The van der Waals surface area contributed by atoms with E-state index in [9.17, 15) is 4.79 Å². The van der Waals surface area contributed by atoms with Gasteiger partial charge in [0.05, 0.1) is 12.2 Å². The van der Waals surface area contributed by atoms with E-state index >= 15 is 0 Å². The Morgan fingerprint density at radius 1 is 1.47 bits per heavy atom. The van der Waals surface area contributed by atoms with Crippen LogP contribution in [0.25, 0.3) is 6.08 Å². The summed E-state index contributed by atoms with van der Waals surface area (Å²) < 4.78 is 4.93. The van der Waals surface area contributed by atoms with E-state index in [-0.39, 0.29) is 5.97 Å². The molecule has 0 unspecified atom stereocenters. The zero-order chi connectivity index (χ0) is 12.7. The molecule has 0 radical (unpaired) electrons. The van der Waals surface area contributed by atoms with Crippen LogP contribution < -0.4 is 11.5 Å². The highest BCUT2D eigenvalue weighted by Gasteiger charge is 2.10. The molecule has 0 amide bonds. The van der Waals surface area contributed by atoms with Crippen molar-refractivity contribution in [1.29, 1.82) is 0 Å². The first-order valence-corrected chi connectivity index (χ1v) is 5.62. The quantitative estimate of drug-likeness (QED) is 0.601. The van der Waals surface area contributed by atoms with Crippen molar-refractivity contribution < 1.29 is 9.53 Å². The third-order valence-corrected chi connectivity index (χ3v) is 2.22. The molecule has 92 valence electrons. The maximum absolute atomic E-state index is 11.6. The van der Waals surface area contributed by atoms with Gasteiger partial charge >= 0.3 is 5.97 Å². The number of nitrogens with two attached hydrogens (primary N) is 2. The van der Waals surface area contributed by atoms with Crippen molar-refractivity contribution in [2.24, 2.45) is 5.73 Å². The lowest BCUT2D eigenvalue weighted by atomic mass is 10.1. The van der Waals surface area contributed by atoms with Crippen LogP contribution in [0.1, 0.15) is 29.3 Å². The third-order valence-electron chi connectivity index (χ3n) is 2.22. The van der Waals surface area contributed by atoms with Crippen LogP contribution in [0.2, 0.25) is 0 Å². The highest BCUT2D eigenvalue weighted by molar-refractivity contribution is 5.95. The number of esters is 1. The molecule has 0 aliphatic heterocycles. The summed E-state index contributed by atoms with van der Waals surface area (Å²) in [7, 11) is 0. The van der Waals surface area contributed by atoms with Gasteiger partial charge < -0.3 is 16.2 Å². The Balaban J connectivity index is 2.90.